The van der Waals surface area contributed by atoms with Gasteiger partial charge in [0.15, 0.2) is 0 Å². The summed E-state index contributed by atoms with van der Waals surface area (Å²) < 4.78 is 6.11. The van der Waals surface area contributed by atoms with Crippen molar-refractivity contribution in [3.8, 4) is 0 Å². The molecule has 0 aromatic heterocycles. The van der Waals surface area contributed by atoms with Crippen LogP contribution in [0.2, 0.25) is 0 Å². The molecule has 1 aliphatic rings. The molecule has 2 unspecified atom stereocenters. The van der Waals surface area contributed by atoms with Gasteiger partial charge in [-0.3, -0.25) is 0 Å². The topological polar surface area (TPSA) is 53.6 Å². The van der Waals surface area contributed by atoms with Gasteiger partial charge in [-0.15, -0.1) is 0 Å². The summed E-state index contributed by atoms with van der Waals surface area (Å²) in [4.78, 5) is 15.2. The number of amides is 1. The number of carbonyl (C=O) groups excluding carboxylic acids is 1. The molecular formula is C28H39N3O2. The van der Waals surface area contributed by atoms with Gasteiger partial charge in [-0.1, -0.05) is 67.1 Å². The second-order valence-corrected chi connectivity index (χ2v) is 9.22. The quantitative estimate of drug-likeness (QED) is 0.524. The van der Waals surface area contributed by atoms with Crippen LogP contribution in [0, 0.1) is 0 Å². The molecule has 0 bridgehead atoms. The molecule has 0 aliphatic carbocycles. The molecule has 1 amide bonds. The number of hydrogen-bond donors (Lipinski definition) is 2. The number of carbonyl (C=O) groups is 1. The smallest absolute Gasteiger partial charge is 0.412 e. The van der Waals surface area contributed by atoms with Crippen LogP contribution in [-0.4, -0.2) is 50.3 Å². The van der Waals surface area contributed by atoms with Crippen LogP contribution in [0.5, 0.6) is 0 Å². The molecule has 0 saturated carbocycles. The first-order valence-corrected chi connectivity index (χ1v) is 12.1. The third-order valence-corrected chi connectivity index (χ3v) is 6.81. The number of allylic oxidation sites excluding steroid dienone is 2. The predicted molar refractivity (Wildman–Crippen MR) is 135 cm³/mol. The summed E-state index contributed by atoms with van der Waals surface area (Å²) in [5, 5.41) is 6.47. The van der Waals surface area contributed by atoms with Crippen molar-refractivity contribution in [1.29, 1.82) is 0 Å². The maximum absolute atomic E-state index is 13.0. The Kier molecular flexibility index (Phi) is 9.10. The van der Waals surface area contributed by atoms with Gasteiger partial charge in [0.25, 0.3) is 0 Å². The monoisotopic (exact) mass is 449 g/mol. The molecule has 1 heterocycles. The molecule has 2 aromatic rings. The molecule has 1 saturated heterocycles. The van der Waals surface area contributed by atoms with Crippen LogP contribution in [0.1, 0.15) is 50.7 Å². The summed E-state index contributed by atoms with van der Waals surface area (Å²) in [7, 11) is 4.18. The van der Waals surface area contributed by atoms with Crippen molar-refractivity contribution in [3.63, 3.8) is 0 Å². The number of hydrogen-bond acceptors (Lipinski definition) is 4. The minimum atomic E-state index is -0.596. The molecule has 0 spiro atoms. The average molecular weight is 450 g/mol. The molecule has 2 aromatic carbocycles. The van der Waals surface area contributed by atoms with Crippen molar-refractivity contribution in [1.82, 2.24) is 15.5 Å². The first-order chi connectivity index (χ1) is 16.0. The minimum absolute atomic E-state index is 0.249. The van der Waals surface area contributed by atoms with Crippen molar-refractivity contribution in [2.24, 2.45) is 0 Å². The van der Waals surface area contributed by atoms with E-state index in [1.165, 1.54) is 12.8 Å². The summed E-state index contributed by atoms with van der Waals surface area (Å²) in [6.45, 7) is 5.75. The van der Waals surface area contributed by atoms with Gasteiger partial charge in [-0.05, 0) is 71.0 Å². The molecule has 5 nitrogen and oxygen atoms in total. The normalized spacial score (nSPS) is 18.1. The highest BCUT2D eigenvalue weighted by Crippen LogP contribution is 2.44. The summed E-state index contributed by atoms with van der Waals surface area (Å²) in [6, 6.07) is 21.3. The van der Waals surface area contributed by atoms with Crippen molar-refractivity contribution < 1.29 is 9.53 Å². The van der Waals surface area contributed by atoms with Crippen LogP contribution in [0.4, 0.5) is 4.79 Å². The van der Waals surface area contributed by atoms with E-state index in [2.05, 4.69) is 85.1 Å². The lowest BCUT2D eigenvalue weighted by molar-refractivity contribution is 0.153. The number of nitrogens with one attached hydrogen (secondary N) is 2. The standard InChI is InChI=1S/C28H39N3O2/c1-5-26(33-27(32)30-21-25-18-12-13-19-29-25)28(20-22(2)31(3)4,23-14-8-6-9-15-23)24-16-10-7-11-17-24/h5-11,14-17,22,25,29H,12-13,18-21H2,1-4H3,(H,30,32)/b26-5-. The Morgan fingerprint density at radius 2 is 1.73 bits per heavy atom. The summed E-state index contributed by atoms with van der Waals surface area (Å²) in [6.07, 6.45) is 5.79. The molecule has 5 heteroatoms. The van der Waals surface area contributed by atoms with E-state index in [0.29, 0.717) is 18.3 Å². The first-order valence-electron chi connectivity index (χ1n) is 12.1. The van der Waals surface area contributed by atoms with E-state index in [1.807, 2.05) is 25.1 Å². The predicted octanol–water partition coefficient (Wildman–Crippen LogP) is 5.09. The number of ether oxygens (including phenoxy) is 1. The van der Waals surface area contributed by atoms with Crippen LogP contribution in [-0.2, 0) is 10.2 Å². The fourth-order valence-electron chi connectivity index (χ4n) is 4.69. The van der Waals surface area contributed by atoms with Crippen LogP contribution in [0.25, 0.3) is 0 Å². The number of rotatable bonds is 9. The minimum Gasteiger partial charge on any atom is -0.414 e. The highest BCUT2D eigenvalue weighted by atomic mass is 16.6. The van der Waals surface area contributed by atoms with E-state index in [9.17, 15) is 4.79 Å². The molecule has 3 rings (SSSR count). The van der Waals surface area contributed by atoms with E-state index in [-0.39, 0.29) is 6.04 Å². The summed E-state index contributed by atoms with van der Waals surface area (Å²) in [5.74, 6) is 0.655. The van der Waals surface area contributed by atoms with Gasteiger partial charge in [0.1, 0.15) is 5.76 Å². The Bertz CT molecular complexity index is 850. The van der Waals surface area contributed by atoms with Gasteiger partial charge >= 0.3 is 6.09 Å². The van der Waals surface area contributed by atoms with Gasteiger partial charge in [0.2, 0.25) is 0 Å². The zero-order chi connectivity index (χ0) is 23.7. The van der Waals surface area contributed by atoms with Crippen LogP contribution in [0.3, 0.4) is 0 Å². The van der Waals surface area contributed by atoms with Crippen molar-refractivity contribution in [2.75, 3.05) is 27.2 Å². The third-order valence-electron chi connectivity index (χ3n) is 6.81. The van der Waals surface area contributed by atoms with Crippen LogP contribution >= 0.6 is 0 Å². The lowest BCUT2D eigenvalue weighted by Crippen LogP contribution is -2.44. The van der Waals surface area contributed by atoms with Crippen molar-refractivity contribution in [2.45, 2.75) is 57.0 Å². The Morgan fingerprint density at radius 1 is 1.12 bits per heavy atom. The molecule has 2 N–H and O–H groups in total. The summed E-state index contributed by atoms with van der Waals surface area (Å²) in [5.41, 5.74) is 1.63. The van der Waals surface area contributed by atoms with Gasteiger partial charge in [0.05, 0.1) is 5.41 Å². The second-order valence-electron chi connectivity index (χ2n) is 9.22. The molecule has 1 fully saturated rings. The molecule has 2 atom stereocenters. The van der Waals surface area contributed by atoms with Gasteiger partial charge in [0, 0.05) is 18.6 Å². The first kappa shape index (κ1) is 25.0. The Morgan fingerprint density at radius 3 is 2.21 bits per heavy atom. The van der Waals surface area contributed by atoms with Gasteiger partial charge < -0.3 is 20.3 Å². The fraction of sp³-hybridized carbons (Fsp3) is 0.464. The summed E-state index contributed by atoms with van der Waals surface area (Å²) >= 11 is 0. The maximum atomic E-state index is 13.0. The SMILES string of the molecule is C/C=C(\OC(=O)NCC1CCCCN1)C(CC(C)N(C)C)(c1ccccc1)c1ccccc1. The average Bonchev–Trinajstić information content (AvgIpc) is 2.86. The van der Waals surface area contributed by atoms with E-state index in [1.54, 1.807) is 0 Å². The zero-order valence-corrected chi connectivity index (χ0v) is 20.5. The Balaban J connectivity index is 1.96. The van der Waals surface area contributed by atoms with Crippen LogP contribution < -0.4 is 10.6 Å². The van der Waals surface area contributed by atoms with Gasteiger partial charge in [-0.2, -0.15) is 0 Å². The Labute approximate surface area is 199 Å². The molecule has 1 aliphatic heterocycles. The zero-order valence-electron chi connectivity index (χ0n) is 20.5. The molecule has 178 valence electrons. The highest BCUT2D eigenvalue weighted by molar-refractivity contribution is 5.69. The fourth-order valence-corrected chi connectivity index (χ4v) is 4.69. The lowest BCUT2D eigenvalue weighted by Gasteiger charge is -2.40. The highest BCUT2D eigenvalue weighted by Gasteiger charge is 2.42. The van der Waals surface area contributed by atoms with Crippen LogP contribution in [0.15, 0.2) is 72.5 Å². The van der Waals surface area contributed by atoms with Crippen molar-refractivity contribution in [3.05, 3.63) is 83.6 Å². The van der Waals surface area contributed by atoms with E-state index < -0.39 is 11.5 Å². The number of benzene rings is 2. The molecule has 33 heavy (non-hydrogen) atoms. The molecule has 0 radical (unpaired) electrons. The van der Waals surface area contributed by atoms with Crippen molar-refractivity contribution >= 4 is 6.09 Å². The Hall–Kier alpha value is -2.63. The van der Waals surface area contributed by atoms with E-state index >= 15 is 0 Å². The maximum Gasteiger partial charge on any atom is 0.412 e. The number of piperidine rings is 1. The van der Waals surface area contributed by atoms with E-state index in [4.69, 9.17) is 4.74 Å². The number of alkyl carbamates (subject to hydrolysis) is 1. The number of nitrogens with zero attached hydrogens (tertiary/aromatic N) is 1. The second kappa shape index (κ2) is 12.0. The molecular weight excluding hydrogens is 410 g/mol. The lowest BCUT2D eigenvalue weighted by atomic mass is 9.68. The van der Waals surface area contributed by atoms with E-state index in [0.717, 1.165) is 30.5 Å². The van der Waals surface area contributed by atoms with Gasteiger partial charge in [-0.25, -0.2) is 4.79 Å². The third kappa shape index (κ3) is 6.24. The largest absolute Gasteiger partial charge is 0.414 e.